The van der Waals surface area contributed by atoms with Crippen LogP contribution in [0.15, 0.2) is 42.5 Å². The zero-order valence-corrected chi connectivity index (χ0v) is 16.8. The predicted octanol–water partition coefficient (Wildman–Crippen LogP) is 3.99. The largest absolute Gasteiger partial charge is 0.419 e. The lowest BCUT2D eigenvalue weighted by atomic mass is 10.0. The molecule has 0 aliphatic carbocycles. The number of nitrogens with two attached hydrogens (primary N) is 1. The maximum Gasteiger partial charge on any atom is 0.419 e. The summed E-state index contributed by atoms with van der Waals surface area (Å²) in [6.45, 7) is 0.377. The van der Waals surface area contributed by atoms with Crippen LogP contribution in [0.2, 0.25) is 0 Å². The molecule has 0 unspecified atom stereocenters. The molecule has 4 rings (SSSR count). The van der Waals surface area contributed by atoms with Crippen molar-refractivity contribution in [3.63, 3.8) is 0 Å². The number of hydrogen-bond donors (Lipinski definition) is 2. The zero-order chi connectivity index (χ0) is 23.9. The molecular formula is C21H16F5N5O2. The van der Waals surface area contributed by atoms with Gasteiger partial charge in [0.25, 0.3) is 5.91 Å². The highest BCUT2D eigenvalue weighted by molar-refractivity contribution is 6.09. The number of primary amides is 1. The van der Waals surface area contributed by atoms with E-state index in [1.54, 1.807) is 0 Å². The van der Waals surface area contributed by atoms with Gasteiger partial charge in [0, 0.05) is 17.8 Å². The Morgan fingerprint density at radius 1 is 1.06 bits per heavy atom. The number of hydrogen-bond acceptors (Lipinski definition) is 3. The number of nitrogens with one attached hydrogen (secondary N) is 1. The number of fused-ring (bicyclic) bond motifs is 1. The molecule has 3 aromatic rings. The number of urea groups is 1. The summed E-state index contributed by atoms with van der Waals surface area (Å²) in [6, 6.07) is 6.58. The van der Waals surface area contributed by atoms with Gasteiger partial charge in [-0.05, 0) is 30.3 Å². The first kappa shape index (κ1) is 22.2. The highest BCUT2D eigenvalue weighted by Gasteiger charge is 2.34. The van der Waals surface area contributed by atoms with E-state index in [0.29, 0.717) is 17.8 Å². The number of carbonyl (C=O) groups is 2. The molecule has 2 aromatic carbocycles. The minimum Gasteiger partial charge on any atom is -0.351 e. The number of nitrogens with zero attached hydrogens (tertiary/aromatic N) is 3. The van der Waals surface area contributed by atoms with Crippen molar-refractivity contribution >= 4 is 17.6 Å². The molecule has 1 aromatic heterocycles. The van der Waals surface area contributed by atoms with Gasteiger partial charge >= 0.3 is 12.2 Å². The average molecular weight is 465 g/mol. The van der Waals surface area contributed by atoms with Crippen LogP contribution in [0.3, 0.4) is 0 Å². The van der Waals surface area contributed by atoms with Gasteiger partial charge in [0.15, 0.2) is 0 Å². The van der Waals surface area contributed by atoms with Gasteiger partial charge in [0.1, 0.15) is 17.3 Å². The molecule has 1 aliphatic heterocycles. The molecule has 2 heterocycles. The first-order valence-electron chi connectivity index (χ1n) is 9.62. The fraction of sp³-hybridized carbons (Fsp3) is 0.190. The Balaban J connectivity index is 1.75. The van der Waals surface area contributed by atoms with Crippen molar-refractivity contribution < 1.29 is 31.5 Å². The van der Waals surface area contributed by atoms with E-state index >= 15 is 0 Å². The van der Waals surface area contributed by atoms with Gasteiger partial charge in [-0.25, -0.2) is 13.6 Å². The topological polar surface area (TPSA) is 93.2 Å². The summed E-state index contributed by atoms with van der Waals surface area (Å²) >= 11 is 0. The van der Waals surface area contributed by atoms with E-state index in [1.165, 1.54) is 27.8 Å². The fourth-order valence-electron chi connectivity index (χ4n) is 3.60. The molecule has 33 heavy (non-hydrogen) atoms. The average Bonchev–Trinajstić information content (AvgIpc) is 3.11. The summed E-state index contributed by atoms with van der Waals surface area (Å²) in [5, 5.41) is 6.72. The van der Waals surface area contributed by atoms with Crippen molar-refractivity contribution in [3.05, 3.63) is 70.9 Å². The molecule has 1 aliphatic rings. The molecule has 12 heteroatoms. The maximum absolute atomic E-state index is 14.0. The minimum absolute atomic E-state index is 0.0353. The number of rotatable bonds is 3. The van der Waals surface area contributed by atoms with Crippen molar-refractivity contribution in [1.29, 1.82) is 0 Å². The Bertz CT molecular complexity index is 1250. The second-order valence-electron chi connectivity index (χ2n) is 7.31. The van der Waals surface area contributed by atoms with Crippen molar-refractivity contribution in [1.82, 2.24) is 14.7 Å². The standard InChI is InChI=1S/C21H16F5N5O2/c22-12-3-1-2-11(8-12)18-17(16-10-30(20(27)33)6-7-31(16)29-18)19(32)28-13-4-5-14(15(23)9-13)21(24,25)26/h1-5,8-9H,6-7,10H2,(H2,27,33)(H,28,32). The van der Waals surface area contributed by atoms with Crippen LogP contribution < -0.4 is 11.1 Å². The minimum atomic E-state index is -4.89. The van der Waals surface area contributed by atoms with Gasteiger partial charge in [-0.2, -0.15) is 18.3 Å². The molecule has 7 nitrogen and oxygen atoms in total. The number of amides is 3. The van der Waals surface area contributed by atoms with Crippen LogP contribution in [0.5, 0.6) is 0 Å². The quantitative estimate of drug-likeness (QED) is 0.573. The Morgan fingerprint density at radius 3 is 2.45 bits per heavy atom. The van der Waals surface area contributed by atoms with Crippen LogP contribution >= 0.6 is 0 Å². The number of alkyl halides is 3. The summed E-state index contributed by atoms with van der Waals surface area (Å²) < 4.78 is 67.7. The van der Waals surface area contributed by atoms with Crippen LogP contribution in [-0.4, -0.2) is 33.2 Å². The lowest BCUT2D eigenvalue weighted by Gasteiger charge is -2.26. The molecular weight excluding hydrogens is 449 g/mol. The van der Waals surface area contributed by atoms with E-state index in [4.69, 9.17) is 5.73 Å². The molecule has 0 bridgehead atoms. The predicted molar refractivity (Wildman–Crippen MR) is 107 cm³/mol. The summed E-state index contributed by atoms with van der Waals surface area (Å²) in [5.74, 6) is -2.95. The van der Waals surface area contributed by atoms with Crippen LogP contribution in [0.4, 0.5) is 32.4 Å². The Hall–Kier alpha value is -3.96. The molecule has 3 amide bonds. The normalized spacial score (nSPS) is 13.5. The number of benzene rings is 2. The molecule has 172 valence electrons. The molecule has 0 spiro atoms. The van der Waals surface area contributed by atoms with E-state index in [1.807, 2.05) is 0 Å². The van der Waals surface area contributed by atoms with Crippen molar-refractivity contribution in [2.75, 3.05) is 11.9 Å². The Morgan fingerprint density at radius 2 is 1.82 bits per heavy atom. The van der Waals surface area contributed by atoms with Crippen molar-refractivity contribution in [2.45, 2.75) is 19.3 Å². The van der Waals surface area contributed by atoms with E-state index in [2.05, 4.69) is 10.4 Å². The zero-order valence-electron chi connectivity index (χ0n) is 16.8. The maximum atomic E-state index is 14.0. The monoisotopic (exact) mass is 465 g/mol. The van der Waals surface area contributed by atoms with Crippen LogP contribution in [-0.2, 0) is 19.3 Å². The second-order valence-corrected chi connectivity index (χ2v) is 7.31. The van der Waals surface area contributed by atoms with Gasteiger partial charge in [-0.3, -0.25) is 9.48 Å². The molecule has 0 fully saturated rings. The first-order valence-corrected chi connectivity index (χ1v) is 9.62. The molecule has 0 atom stereocenters. The third kappa shape index (κ3) is 4.36. The summed E-state index contributed by atoms with van der Waals surface area (Å²) in [7, 11) is 0. The smallest absolute Gasteiger partial charge is 0.351 e. The van der Waals surface area contributed by atoms with Gasteiger partial charge in [0.2, 0.25) is 0 Å². The van der Waals surface area contributed by atoms with Crippen LogP contribution in [0.25, 0.3) is 11.3 Å². The third-order valence-corrected chi connectivity index (χ3v) is 5.15. The molecule has 0 saturated carbocycles. The van der Waals surface area contributed by atoms with Gasteiger partial charge in [0.05, 0.1) is 29.9 Å². The second kappa shape index (κ2) is 8.19. The molecule has 0 radical (unpaired) electrons. The fourth-order valence-corrected chi connectivity index (χ4v) is 3.60. The molecule has 3 N–H and O–H groups in total. The van der Waals surface area contributed by atoms with Gasteiger partial charge < -0.3 is 16.0 Å². The summed E-state index contributed by atoms with van der Waals surface area (Å²) in [6.07, 6.45) is -4.89. The van der Waals surface area contributed by atoms with E-state index < -0.39 is 35.3 Å². The Labute approximate surface area is 183 Å². The summed E-state index contributed by atoms with van der Waals surface area (Å²) in [4.78, 5) is 26.1. The number of aromatic nitrogens is 2. The SMILES string of the molecule is NC(=O)N1CCn2nc(-c3cccc(F)c3)c(C(=O)Nc3ccc(C(F)(F)F)c(F)c3)c2C1. The van der Waals surface area contributed by atoms with Crippen molar-refractivity contribution in [3.8, 4) is 11.3 Å². The lowest BCUT2D eigenvalue weighted by molar-refractivity contribution is -0.139. The van der Waals surface area contributed by atoms with Crippen LogP contribution in [0, 0.1) is 11.6 Å². The van der Waals surface area contributed by atoms with E-state index in [-0.39, 0.29) is 42.1 Å². The highest BCUT2D eigenvalue weighted by Crippen LogP contribution is 2.33. The van der Waals surface area contributed by atoms with Crippen LogP contribution in [0.1, 0.15) is 21.6 Å². The third-order valence-electron chi connectivity index (χ3n) is 5.15. The van der Waals surface area contributed by atoms with Crippen molar-refractivity contribution in [2.24, 2.45) is 5.73 Å². The first-order chi connectivity index (χ1) is 15.5. The van der Waals surface area contributed by atoms with E-state index in [0.717, 1.165) is 12.1 Å². The number of anilines is 1. The van der Waals surface area contributed by atoms with E-state index in [9.17, 15) is 31.5 Å². The highest BCUT2D eigenvalue weighted by atomic mass is 19.4. The summed E-state index contributed by atoms with van der Waals surface area (Å²) in [5.41, 5.74) is 4.28. The lowest BCUT2D eigenvalue weighted by Crippen LogP contribution is -2.42. The van der Waals surface area contributed by atoms with Gasteiger partial charge in [-0.15, -0.1) is 0 Å². The number of carbonyl (C=O) groups excluding carboxylic acids is 2. The Kier molecular flexibility index (Phi) is 5.52. The molecule has 0 saturated heterocycles. The van der Waals surface area contributed by atoms with Gasteiger partial charge in [-0.1, -0.05) is 12.1 Å². The number of halogens is 5.